The number of anilines is 1. The molecular weight excluding hydrogens is 410 g/mol. The quantitative estimate of drug-likeness (QED) is 0.678. The van der Waals surface area contributed by atoms with E-state index in [4.69, 9.17) is 11.6 Å². The predicted molar refractivity (Wildman–Crippen MR) is 116 cm³/mol. The molecule has 0 aliphatic carbocycles. The Morgan fingerprint density at radius 1 is 1.24 bits per heavy atom. The molecule has 1 fully saturated rings. The fourth-order valence-electron chi connectivity index (χ4n) is 3.21. The first-order valence-electron chi connectivity index (χ1n) is 9.21. The number of amides is 2. The Hall–Kier alpha value is -2.39. The molecule has 2 amide bonds. The molecule has 7 nitrogen and oxygen atoms in total. The van der Waals surface area contributed by atoms with E-state index in [1.165, 1.54) is 11.8 Å². The molecule has 2 aliphatic rings. The van der Waals surface area contributed by atoms with Crippen LogP contribution in [0.4, 0.5) is 5.69 Å². The van der Waals surface area contributed by atoms with Crippen LogP contribution < -0.4 is 21.1 Å². The van der Waals surface area contributed by atoms with Gasteiger partial charge in [-0.1, -0.05) is 53.7 Å². The smallest absolute Gasteiger partial charge is 0.241 e. The number of thioether (sulfide) groups is 1. The second kappa shape index (κ2) is 8.96. The van der Waals surface area contributed by atoms with Gasteiger partial charge in [-0.2, -0.15) is 0 Å². The number of nitrogens with one attached hydrogen (secondary N) is 3. The van der Waals surface area contributed by atoms with E-state index in [2.05, 4.69) is 21.2 Å². The summed E-state index contributed by atoms with van der Waals surface area (Å²) in [6, 6.07) is 16.7. The average molecular weight is 430 g/mol. The Morgan fingerprint density at radius 3 is 2.86 bits per heavy atom. The van der Waals surface area contributed by atoms with Gasteiger partial charge in [0.05, 0.1) is 17.4 Å². The van der Waals surface area contributed by atoms with E-state index in [1.807, 2.05) is 48.5 Å². The summed E-state index contributed by atoms with van der Waals surface area (Å²) in [5, 5.41) is 4.02. The summed E-state index contributed by atoms with van der Waals surface area (Å²) in [5.41, 5.74) is 7.68. The highest BCUT2D eigenvalue weighted by Gasteiger charge is 2.42. The maximum absolute atomic E-state index is 13.0. The van der Waals surface area contributed by atoms with E-state index >= 15 is 0 Å². The molecule has 1 saturated heterocycles. The van der Waals surface area contributed by atoms with E-state index in [1.54, 1.807) is 11.0 Å². The van der Waals surface area contributed by atoms with Crippen molar-refractivity contribution >= 4 is 46.0 Å². The van der Waals surface area contributed by atoms with Crippen molar-refractivity contribution in [2.45, 2.75) is 12.7 Å². The number of nitrogens with zero attached hydrogens (tertiary/aromatic N) is 2. The zero-order valence-electron chi connectivity index (χ0n) is 15.5. The van der Waals surface area contributed by atoms with Gasteiger partial charge in [0.15, 0.2) is 5.17 Å². The first-order chi connectivity index (χ1) is 14.1. The van der Waals surface area contributed by atoms with Crippen LogP contribution in [0.1, 0.15) is 5.56 Å². The minimum atomic E-state index is -0.320. The highest BCUT2D eigenvalue weighted by atomic mass is 35.5. The number of carbonyl (C=O) groups excluding carboxylic acids is 2. The zero-order chi connectivity index (χ0) is 20.2. The van der Waals surface area contributed by atoms with Gasteiger partial charge < -0.3 is 5.32 Å². The number of rotatable bonds is 5. The predicted octanol–water partition coefficient (Wildman–Crippen LogP) is 2.14. The van der Waals surface area contributed by atoms with E-state index in [0.717, 1.165) is 11.3 Å². The van der Waals surface area contributed by atoms with Crippen molar-refractivity contribution in [2.75, 3.05) is 17.2 Å². The minimum absolute atomic E-state index is 0.0319. The average Bonchev–Trinajstić information content (AvgIpc) is 3.20. The van der Waals surface area contributed by atoms with Crippen LogP contribution in [0.3, 0.4) is 0 Å². The molecule has 2 aromatic rings. The SMILES string of the molecule is O=C(CSC1=NC2NNCC2C(=O)N1c1ccccc1)NCc1cccc(Cl)c1. The topological polar surface area (TPSA) is 85.8 Å². The number of hydrogen-bond donors (Lipinski definition) is 3. The number of halogens is 1. The van der Waals surface area contributed by atoms with Gasteiger partial charge in [0.25, 0.3) is 0 Å². The Balaban J connectivity index is 1.43. The second-order valence-electron chi connectivity index (χ2n) is 6.69. The van der Waals surface area contributed by atoms with Crippen LogP contribution in [-0.4, -0.2) is 35.4 Å². The van der Waals surface area contributed by atoms with Gasteiger partial charge in [0, 0.05) is 18.1 Å². The van der Waals surface area contributed by atoms with Gasteiger partial charge in [-0.25, -0.2) is 10.4 Å². The van der Waals surface area contributed by atoms with Crippen LogP contribution in [0.5, 0.6) is 0 Å². The van der Waals surface area contributed by atoms with Crippen LogP contribution in [-0.2, 0) is 16.1 Å². The lowest BCUT2D eigenvalue weighted by atomic mass is 10.1. The fourth-order valence-corrected chi connectivity index (χ4v) is 4.30. The lowest BCUT2D eigenvalue weighted by Crippen LogP contribution is -2.49. The molecule has 2 heterocycles. The number of amidine groups is 1. The van der Waals surface area contributed by atoms with Crippen LogP contribution in [0, 0.1) is 5.92 Å². The van der Waals surface area contributed by atoms with Crippen molar-refractivity contribution in [3.05, 3.63) is 65.2 Å². The number of fused-ring (bicyclic) bond motifs is 1. The lowest BCUT2D eigenvalue weighted by molar-refractivity contribution is -0.121. The molecule has 150 valence electrons. The van der Waals surface area contributed by atoms with E-state index < -0.39 is 0 Å². The molecule has 2 atom stereocenters. The largest absolute Gasteiger partial charge is 0.351 e. The molecule has 9 heteroatoms. The van der Waals surface area contributed by atoms with Gasteiger partial charge >= 0.3 is 0 Å². The number of carbonyl (C=O) groups is 2. The monoisotopic (exact) mass is 429 g/mol. The summed E-state index contributed by atoms with van der Waals surface area (Å²) in [4.78, 5) is 31.7. The number of hydrazine groups is 1. The van der Waals surface area contributed by atoms with Crippen molar-refractivity contribution < 1.29 is 9.59 Å². The van der Waals surface area contributed by atoms with Crippen molar-refractivity contribution in [1.29, 1.82) is 0 Å². The van der Waals surface area contributed by atoms with Crippen LogP contribution in [0.15, 0.2) is 59.6 Å². The molecule has 0 aromatic heterocycles. The van der Waals surface area contributed by atoms with Gasteiger partial charge in [-0.05, 0) is 29.8 Å². The summed E-state index contributed by atoms with van der Waals surface area (Å²) >= 11 is 7.22. The minimum Gasteiger partial charge on any atom is -0.351 e. The Kier molecular flexibility index (Phi) is 6.15. The lowest BCUT2D eigenvalue weighted by Gasteiger charge is -2.32. The zero-order valence-corrected chi connectivity index (χ0v) is 17.0. The summed E-state index contributed by atoms with van der Waals surface area (Å²) in [6.45, 7) is 0.915. The molecule has 2 aliphatic heterocycles. The van der Waals surface area contributed by atoms with Crippen molar-refractivity contribution in [3.63, 3.8) is 0 Å². The van der Waals surface area contributed by atoms with Crippen molar-refractivity contribution in [2.24, 2.45) is 10.9 Å². The second-order valence-corrected chi connectivity index (χ2v) is 8.07. The summed E-state index contributed by atoms with van der Waals surface area (Å²) in [5.74, 6) is -0.287. The van der Waals surface area contributed by atoms with Gasteiger partial charge in [-0.15, -0.1) is 0 Å². The van der Waals surface area contributed by atoms with Crippen molar-refractivity contribution in [1.82, 2.24) is 16.2 Å². The molecule has 2 unspecified atom stereocenters. The molecule has 29 heavy (non-hydrogen) atoms. The molecule has 3 N–H and O–H groups in total. The van der Waals surface area contributed by atoms with Gasteiger partial charge in [0.2, 0.25) is 11.8 Å². The highest BCUT2D eigenvalue weighted by molar-refractivity contribution is 8.14. The first kappa shape index (κ1) is 19.9. The third kappa shape index (κ3) is 4.62. The number of aliphatic imine (C=N–C) groups is 1. The number of benzene rings is 2. The fraction of sp³-hybridized carbons (Fsp3) is 0.250. The molecule has 0 radical (unpaired) electrons. The van der Waals surface area contributed by atoms with Gasteiger partial charge in [0.1, 0.15) is 6.17 Å². The van der Waals surface area contributed by atoms with Crippen LogP contribution in [0.2, 0.25) is 5.02 Å². The molecular formula is C20H20ClN5O2S. The summed E-state index contributed by atoms with van der Waals surface area (Å²) < 4.78 is 0. The number of hydrogen-bond acceptors (Lipinski definition) is 6. The third-order valence-electron chi connectivity index (χ3n) is 4.66. The van der Waals surface area contributed by atoms with E-state index in [-0.39, 0.29) is 29.7 Å². The Morgan fingerprint density at radius 2 is 2.07 bits per heavy atom. The Labute approximate surface area is 177 Å². The molecule has 0 bridgehead atoms. The van der Waals surface area contributed by atoms with Crippen LogP contribution >= 0.6 is 23.4 Å². The first-order valence-corrected chi connectivity index (χ1v) is 10.6. The summed E-state index contributed by atoms with van der Waals surface area (Å²) in [6.07, 6.45) is -0.320. The highest BCUT2D eigenvalue weighted by Crippen LogP contribution is 2.29. The maximum atomic E-state index is 13.0. The normalized spacial score (nSPS) is 20.9. The standard InChI is InChI=1S/C20H20ClN5O2S/c21-14-6-4-5-13(9-14)10-22-17(27)12-29-20-24-18-16(11-23-25-18)19(28)26(20)15-7-2-1-3-8-15/h1-9,16,18,23,25H,10-12H2,(H,22,27). The van der Waals surface area contributed by atoms with E-state index in [0.29, 0.717) is 23.3 Å². The van der Waals surface area contributed by atoms with Gasteiger partial charge in [-0.3, -0.25) is 19.9 Å². The summed E-state index contributed by atoms with van der Waals surface area (Å²) in [7, 11) is 0. The van der Waals surface area contributed by atoms with Crippen molar-refractivity contribution in [3.8, 4) is 0 Å². The molecule has 2 aromatic carbocycles. The number of para-hydroxylation sites is 1. The van der Waals surface area contributed by atoms with E-state index in [9.17, 15) is 9.59 Å². The Bertz CT molecular complexity index is 939. The maximum Gasteiger partial charge on any atom is 0.241 e. The molecule has 0 saturated carbocycles. The molecule has 0 spiro atoms. The molecule has 4 rings (SSSR count). The third-order valence-corrected chi connectivity index (χ3v) is 5.84. The van der Waals surface area contributed by atoms with Crippen LogP contribution in [0.25, 0.3) is 0 Å².